The third-order valence-electron chi connectivity index (χ3n) is 4.60. The Morgan fingerprint density at radius 1 is 1.11 bits per heavy atom. The van der Waals surface area contributed by atoms with E-state index in [1.165, 1.54) is 0 Å². The first-order valence-corrected chi connectivity index (χ1v) is 8.68. The van der Waals surface area contributed by atoms with Gasteiger partial charge >= 0.3 is 0 Å². The van der Waals surface area contributed by atoms with Gasteiger partial charge in [0.05, 0.1) is 27.8 Å². The number of hydrogen-bond acceptors (Lipinski definition) is 6. The van der Waals surface area contributed by atoms with Crippen molar-refractivity contribution in [2.75, 3.05) is 37.0 Å². The number of nitrogens with two attached hydrogens (primary N) is 1. The molecule has 0 unspecified atom stereocenters. The van der Waals surface area contributed by atoms with Gasteiger partial charge in [0.1, 0.15) is 0 Å². The van der Waals surface area contributed by atoms with Gasteiger partial charge in [-0.25, -0.2) is 0 Å². The average Bonchev–Trinajstić information content (AvgIpc) is 2.63. The smallest absolute Gasteiger partial charge is 0.270 e. The first-order valence-electron chi connectivity index (χ1n) is 8.68. The van der Waals surface area contributed by atoms with Crippen LogP contribution in [0.3, 0.4) is 0 Å². The molecule has 0 aromatic heterocycles. The summed E-state index contributed by atoms with van der Waals surface area (Å²) in [6.45, 7) is 5.69. The second-order valence-electron chi connectivity index (χ2n) is 6.45. The number of primary amides is 1. The average molecular weight is 370 g/mol. The molecule has 8 heteroatoms. The number of rotatable bonds is 5. The Labute approximate surface area is 154 Å². The molecule has 3 N–H and O–H groups in total. The normalized spacial score (nSPS) is 11.1. The maximum atomic E-state index is 12.3. The van der Waals surface area contributed by atoms with E-state index in [2.05, 4.69) is 23.7 Å². The van der Waals surface area contributed by atoms with Gasteiger partial charge in [-0.1, -0.05) is 0 Å². The van der Waals surface area contributed by atoms with Gasteiger partial charge in [0.15, 0.2) is 5.58 Å². The quantitative estimate of drug-likeness (QED) is 0.653. The molecule has 0 spiro atoms. The summed E-state index contributed by atoms with van der Waals surface area (Å²) in [7, 11) is 3.86. The Balaban J connectivity index is 2.50. The minimum Gasteiger partial charge on any atom is -0.449 e. The molecule has 0 fully saturated rings. The molecule has 1 heterocycles. The summed E-state index contributed by atoms with van der Waals surface area (Å²) in [4.78, 5) is 43.0. The lowest BCUT2D eigenvalue weighted by molar-refractivity contribution is 0.0998. The molecule has 27 heavy (non-hydrogen) atoms. The van der Waals surface area contributed by atoms with E-state index in [0.717, 1.165) is 30.5 Å². The Bertz CT molecular complexity index is 1210. The number of carbonyl (C=O) groups excluding carboxylic acids is 1. The van der Waals surface area contributed by atoms with E-state index in [0.29, 0.717) is 11.1 Å². The van der Waals surface area contributed by atoms with Crippen LogP contribution >= 0.6 is 0 Å². The second kappa shape index (κ2) is 6.79. The highest BCUT2D eigenvalue weighted by Gasteiger charge is 2.17. The topological polar surface area (TPSA) is 113 Å². The number of fused-ring (bicyclic) bond motifs is 1. The number of hydrogen-bond donors (Lipinski definition) is 2. The highest BCUT2D eigenvalue weighted by molar-refractivity contribution is 5.93. The van der Waals surface area contributed by atoms with Gasteiger partial charge in [-0.3, -0.25) is 14.4 Å². The SMILES string of the molecule is CCN(CC)c1cc2oc3c(=O)c(=O)cc(C(N)=O)c=3[nH]c2cc1N(C)C. The molecule has 0 atom stereocenters. The van der Waals surface area contributed by atoms with Crippen LogP contribution in [-0.4, -0.2) is 38.1 Å². The van der Waals surface area contributed by atoms with Gasteiger partial charge in [-0.15, -0.1) is 0 Å². The number of nitrogens with one attached hydrogen (secondary N) is 1. The first kappa shape index (κ1) is 18.5. The van der Waals surface area contributed by atoms with Gasteiger partial charge in [-0.05, 0) is 19.9 Å². The summed E-state index contributed by atoms with van der Waals surface area (Å²) in [5.74, 6) is -0.810. The maximum Gasteiger partial charge on any atom is 0.270 e. The fourth-order valence-corrected chi connectivity index (χ4v) is 3.19. The van der Waals surface area contributed by atoms with Crippen LogP contribution in [0, 0.1) is 10.8 Å². The molecule has 1 aromatic carbocycles. The van der Waals surface area contributed by atoms with Gasteiger partial charge in [0.25, 0.3) is 11.3 Å². The van der Waals surface area contributed by atoms with Crippen molar-refractivity contribution >= 4 is 28.4 Å². The zero-order valence-corrected chi connectivity index (χ0v) is 15.8. The Morgan fingerprint density at radius 2 is 1.78 bits per heavy atom. The third kappa shape index (κ3) is 3.03. The van der Waals surface area contributed by atoms with E-state index in [1.807, 2.05) is 31.1 Å². The Kier molecular flexibility index (Phi) is 4.65. The van der Waals surface area contributed by atoms with Gasteiger partial charge in [0.2, 0.25) is 10.8 Å². The predicted octanol–water partition coefficient (Wildman–Crippen LogP) is 1.22. The zero-order valence-electron chi connectivity index (χ0n) is 15.8. The number of aromatic amines is 1. The van der Waals surface area contributed by atoms with Crippen LogP contribution in [0.15, 0.2) is 32.2 Å². The number of H-pyrrole nitrogens is 1. The molecular formula is C19H22N4O4. The lowest BCUT2D eigenvalue weighted by Gasteiger charge is -2.27. The van der Waals surface area contributed by atoms with E-state index in [9.17, 15) is 14.4 Å². The predicted molar refractivity (Wildman–Crippen MR) is 105 cm³/mol. The number of nitrogens with zero attached hydrogens (tertiary/aromatic N) is 2. The van der Waals surface area contributed by atoms with Crippen molar-refractivity contribution in [1.29, 1.82) is 0 Å². The van der Waals surface area contributed by atoms with Crippen LogP contribution in [0.2, 0.25) is 0 Å². The molecule has 1 amide bonds. The van der Waals surface area contributed by atoms with Crippen LogP contribution in [0.1, 0.15) is 24.2 Å². The number of amides is 1. The Morgan fingerprint density at radius 3 is 2.33 bits per heavy atom. The van der Waals surface area contributed by atoms with Gasteiger partial charge in [-0.2, -0.15) is 0 Å². The minimum absolute atomic E-state index is 0.0699. The molecule has 8 nitrogen and oxygen atoms in total. The van der Waals surface area contributed by atoms with Crippen molar-refractivity contribution in [1.82, 2.24) is 4.98 Å². The summed E-state index contributed by atoms with van der Waals surface area (Å²) in [5, 5.41) is 0.125. The minimum atomic E-state index is -0.832. The van der Waals surface area contributed by atoms with Crippen molar-refractivity contribution in [2.45, 2.75) is 13.8 Å². The molecular weight excluding hydrogens is 348 g/mol. The third-order valence-corrected chi connectivity index (χ3v) is 4.60. The molecule has 1 aliphatic carbocycles. The van der Waals surface area contributed by atoms with E-state index in [-0.39, 0.29) is 16.3 Å². The molecule has 0 saturated carbocycles. The van der Waals surface area contributed by atoms with Crippen LogP contribution in [-0.2, 0) is 0 Å². The van der Waals surface area contributed by atoms with Gasteiger partial charge < -0.3 is 24.9 Å². The van der Waals surface area contributed by atoms with Crippen LogP contribution in [0.5, 0.6) is 0 Å². The summed E-state index contributed by atoms with van der Waals surface area (Å²) in [6.07, 6.45) is 0. The van der Waals surface area contributed by atoms with Crippen LogP contribution < -0.4 is 26.4 Å². The molecule has 0 bridgehead atoms. The van der Waals surface area contributed by atoms with Gasteiger partial charge in [0, 0.05) is 39.3 Å². The van der Waals surface area contributed by atoms with Crippen molar-refractivity contribution in [3.05, 3.63) is 55.0 Å². The van der Waals surface area contributed by atoms with Crippen LogP contribution in [0.25, 0.3) is 11.1 Å². The Hall–Kier alpha value is -3.29. The van der Waals surface area contributed by atoms with Crippen LogP contribution in [0.4, 0.5) is 11.4 Å². The van der Waals surface area contributed by atoms with Crippen molar-refractivity contribution in [3.8, 4) is 0 Å². The summed E-state index contributed by atoms with van der Waals surface area (Å²) < 4.78 is 5.77. The molecule has 1 aliphatic heterocycles. The zero-order chi connectivity index (χ0) is 19.9. The summed E-state index contributed by atoms with van der Waals surface area (Å²) >= 11 is 0. The summed E-state index contributed by atoms with van der Waals surface area (Å²) in [6, 6.07) is 4.66. The molecule has 0 radical (unpaired) electrons. The van der Waals surface area contributed by atoms with E-state index in [4.69, 9.17) is 10.2 Å². The van der Waals surface area contributed by atoms with E-state index >= 15 is 0 Å². The monoisotopic (exact) mass is 370 g/mol. The van der Waals surface area contributed by atoms with Crippen molar-refractivity contribution < 1.29 is 9.21 Å². The van der Waals surface area contributed by atoms with E-state index < -0.39 is 16.8 Å². The highest BCUT2D eigenvalue weighted by atomic mass is 16.3. The molecule has 0 saturated heterocycles. The number of benzene rings is 1. The number of anilines is 2. The standard InChI is InChI=1S/C19H22N4O4/c1-5-23(6-2)13-9-15-11(8-12(13)22(3)4)21-16-10(19(20)26)7-14(24)17(25)18(16)27-15/h7-9,21H,5-6H2,1-4H3,(H2,20,26). The van der Waals surface area contributed by atoms with Crippen molar-refractivity contribution in [3.63, 3.8) is 0 Å². The molecule has 2 aliphatic rings. The second-order valence-corrected chi connectivity index (χ2v) is 6.45. The fourth-order valence-electron chi connectivity index (χ4n) is 3.19. The fraction of sp³-hybridized carbons (Fsp3) is 0.316. The number of aromatic nitrogens is 1. The molecule has 3 rings (SSSR count). The van der Waals surface area contributed by atoms with Crippen molar-refractivity contribution in [2.24, 2.45) is 5.73 Å². The molecule has 142 valence electrons. The highest BCUT2D eigenvalue weighted by Crippen LogP contribution is 2.32. The summed E-state index contributed by atoms with van der Waals surface area (Å²) in [5.41, 5.74) is 6.33. The molecule has 1 aromatic rings. The lowest BCUT2D eigenvalue weighted by Crippen LogP contribution is -2.28. The van der Waals surface area contributed by atoms with E-state index in [1.54, 1.807) is 0 Å². The first-order chi connectivity index (χ1) is 12.8. The number of carbonyl (C=O) groups is 1. The lowest BCUT2D eigenvalue weighted by atomic mass is 10.1. The largest absolute Gasteiger partial charge is 0.449 e. The maximum absolute atomic E-state index is 12.3.